The van der Waals surface area contributed by atoms with Crippen LogP contribution in [0.5, 0.6) is 0 Å². The average Bonchev–Trinajstić information content (AvgIpc) is 2.97. The van der Waals surface area contributed by atoms with Crippen molar-refractivity contribution in [2.24, 2.45) is 0 Å². The third-order valence-electron chi connectivity index (χ3n) is 2.70. The van der Waals surface area contributed by atoms with Gasteiger partial charge in [0, 0.05) is 11.3 Å². The number of halogens is 1. The number of hydrogen-bond acceptors (Lipinski definition) is 4. The maximum atomic E-state index is 12.0. The van der Waals surface area contributed by atoms with Gasteiger partial charge in [0.2, 0.25) is 5.91 Å². The Labute approximate surface area is 131 Å². The van der Waals surface area contributed by atoms with Crippen LogP contribution in [0.25, 0.3) is 0 Å². The molecule has 0 fully saturated rings. The van der Waals surface area contributed by atoms with Crippen molar-refractivity contribution >= 4 is 41.1 Å². The number of aromatic amines is 1. The zero-order valence-corrected chi connectivity index (χ0v) is 13.4. The number of carbonyl (C=O) groups is 1. The van der Waals surface area contributed by atoms with Gasteiger partial charge < -0.3 is 5.32 Å². The molecule has 2 heterocycles. The van der Waals surface area contributed by atoms with E-state index in [0.717, 1.165) is 27.9 Å². The Kier molecular flexibility index (Phi) is 5.33. The second kappa shape index (κ2) is 7.01. The van der Waals surface area contributed by atoms with Gasteiger partial charge in [-0.05, 0) is 30.8 Å². The molecule has 0 aliphatic carbocycles. The normalized spacial score (nSPS) is 10.7. The Morgan fingerprint density at radius 1 is 1.60 bits per heavy atom. The van der Waals surface area contributed by atoms with Crippen molar-refractivity contribution < 1.29 is 4.79 Å². The first-order valence-electron chi connectivity index (χ1n) is 6.25. The van der Waals surface area contributed by atoms with Gasteiger partial charge in [0.15, 0.2) is 4.77 Å². The molecule has 2 rings (SSSR count). The Balaban J connectivity index is 1.94. The van der Waals surface area contributed by atoms with Crippen molar-refractivity contribution in [1.82, 2.24) is 20.1 Å². The molecule has 1 amide bonds. The van der Waals surface area contributed by atoms with E-state index in [0.29, 0.717) is 11.3 Å². The van der Waals surface area contributed by atoms with Gasteiger partial charge in [-0.25, -0.2) is 0 Å². The van der Waals surface area contributed by atoms with Gasteiger partial charge in [0.25, 0.3) is 0 Å². The number of rotatable bonds is 6. The first-order chi connectivity index (χ1) is 9.60. The van der Waals surface area contributed by atoms with Crippen LogP contribution in [0.15, 0.2) is 12.1 Å². The van der Waals surface area contributed by atoms with Gasteiger partial charge in [0.1, 0.15) is 12.4 Å². The van der Waals surface area contributed by atoms with Crippen molar-refractivity contribution in [2.75, 3.05) is 0 Å². The topological polar surface area (TPSA) is 62.7 Å². The molecule has 0 saturated heterocycles. The summed E-state index contributed by atoms with van der Waals surface area (Å²) >= 11 is 12.4. The third kappa shape index (κ3) is 3.91. The second-order valence-corrected chi connectivity index (χ2v) is 6.45. The first kappa shape index (κ1) is 15.2. The minimum Gasteiger partial charge on any atom is -0.350 e. The summed E-state index contributed by atoms with van der Waals surface area (Å²) in [6, 6.07) is 3.72. The molecule has 0 aliphatic rings. The second-order valence-electron chi connectivity index (χ2n) is 4.26. The summed E-state index contributed by atoms with van der Waals surface area (Å²) in [4.78, 5) is 13.0. The molecule has 5 nitrogen and oxygen atoms in total. The fourth-order valence-electron chi connectivity index (χ4n) is 1.76. The van der Waals surface area contributed by atoms with Crippen molar-refractivity contribution in [3.8, 4) is 0 Å². The number of amides is 1. The molecule has 8 heteroatoms. The van der Waals surface area contributed by atoms with Crippen LogP contribution in [0, 0.1) is 4.77 Å². The van der Waals surface area contributed by atoms with Crippen LogP contribution in [-0.2, 0) is 24.3 Å². The van der Waals surface area contributed by atoms with Gasteiger partial charge in [-0.15, -0.1) is 11.3 Å². The summed E-state index contributed by atoms with van der Waals surface area (Å²) in [5.74, 6) is 0.719. The molecular weight excluding hydrogens is 316 g/mol. The Morgan fingerprint density at radius 3 is 3.05 bits per heavy atom. The summed E-state index contributed by atoms with van der Waals surface area (Å²) in [6.07, 6.45) is 1.75. The number of aryl methyl sites for hydroxylation is 1. The number of aromatic nitrogens is 3. The van der Waals surface area contributed by atoms with Crippen LogP contribution in [0.1, 0.15) is 24.0 Å². The van der Waals surface area contributed by atoms with E-state index in [1.54, 1.807) is 4.57 Å². The van der Waals surface area contributed by atoms with Crippen molar-refractivity contribution in [3.05, 3.63) is 31.9 Å². The summed E-state index contributed by atoms with van der Waals surface area (Å²) in [5, 5.41) is 9.71. The number of carbonyl (C=O) groups excluding carboxylic acids is 1. The van der Waals surface area contributed by atoms with E-state index in [1.165, 1.54) is 11.3 Å². The molecule has 20 heavy (non-hydrogen) atoms. The van der Waals surface area contributed by atoms with E-state index in [9.17, 15) is 4.79 Å². The first-order valence-corrected chi connectivity index (χ1v) is 7.85. The summed E-state index contributed by atoms with van der Waals surface area (Å²) in [7, 11) is 0. The lowest BCUT2D eigenvalue weighted by Gasteiger charge is -2.06. The van der Waals surface area contributed by atoms with Gasteiger partial charge in [-0.3, -0.25) is 14.5 Å². The third-order valence-corrected chi connectivity index (χ3v) is 4.24. The highest BCUT2D eigenvalue weighted by Crippen LogP contribution is 2.20. The zero-order valence-electron chi connectivity index (χ0n) is 11.0. The molecule has 108 valence electrons. The molecule has 0 radical (unpaired) electrons. The lowest BCUT2D eigenvalue weighted by atomic mass is 10.3. The van der Waals surface area contributed by atoms with Gasteiger partial charge in [-0.1, -0.05) is 18.5 Å². The number of nitrogens with one attached hydrogen (secondary N) is 2. The highest BCUT2D eigenvalue weighted by atomic mass is 35.5. The van der Waals surface area contributed by atoms with Crippen LogP contribution >= 0.6 is 35.2 Å². The minimum atomic E-state index is -0.0932. The van der Waals surface area contributed by atoms with Gasteiger partial charge in [0.05, 0.1) is 10.9 Å². The molecule has 0 aliphatic heterocycles. The van der Waals surface area contributed by atoms with E-state index in [4.69, 9.17) is 23.8 Å². The van der Waals surface area contributed by atoms with E-state index >= 15 is 0 Å². The average molecular weight is 331 g/mol. The van der Waals surface area contributed by atoms with Gasteiger partial charge in [-0.2, -0.15) is 5.10 Å². The fraction of sp³-hybridized carbons (Fsp3) is 0.417. The smallest absolute Gasteiger partial charge is 0.240 e. The molecular formula is C12H15ClN4OS2. The highest BCUT2D eigenvalue weighted by Gasteiger charge is 2.10. The standard InChI is InChI=1S/C12H15ClN4OS2/c1-2-3-10-15-16-12(19)17(10)7-11(18)14-6-8-4-5-9(13)20-8/h4-5H,2-3,6-7H2,1H3,(H,14,18)(H,16,19). The molecule has 0 unspecified atom stereocenters. The number of thiophene rings is 1. The van der Waals surface area contributed by atoms with Crippen LogP contribution in [0.4, 0.5) is 0 Å². The van der Waals surface area contributed by atoms with Crippen LogP contribution < -0.4 is 5.32 Å². The molecule has 0 bridgehead atoms. The molecule has 0 saturated carbocycles. The number of nitrogens with zero attached hydrogens (tertiary/aromatic N) is 2. The van der Waals surface area contributed by atoms with Crippen molar-refractivity contribution in [1.29, 1.82) is 0 Å². The van der Waals surface area contributed by atoms with Crippen LogP contribution in [0.3, 0.4) is 0 Å². The Morgan fingerprint density at radius 2 is 2.40 bits per heavy atom. The molecule has 2 N–H and O–H groups in total. The van der Waals surface area contributed by atoms with E-state index < -0.39 is 0 Å². The molecule has 2 aromatic heterocycles. The van der Waals surface area contributed by atoms with Crippen molar-refractivity contribution in [3.63, 3.8) is 0 Å². The van der Waals surface area contributed by atoms with Crippen LogP contribution in [0.2, 0.25) is 4.34 Å². The molecule has 0 atom stereocenters. The minimum absolute atomic E-state index is 0.0932. The highest BCUT2D eigenvalue weighted by molar-refractivity contribution is 7.71. The molecule has 0 spiro atoms. The summed E-state index contributed by atoms with van der Waals surface area (Å²) < 4.78 is 2.93. The number of hydrogen-bond donors (Lipinski definition) is 2. The SMILES string of the molecule is CCCc1n[nH]c(=S)n1CC(=O)NCc1ccc(Cl)s1. The Bertz CT molecular complexity index is 646. The lowest BCUT2D eigenvalue weighted by molar-refractivity contribution is -0.121. The lowest BCUT2D eigenvalue weighted by Crippen LogP contribution is -2.27. The summed E-state index contributed by atoms with van der Waals surface area (Å²) in [6.45, 7) is 2.72. The molecule has 0 aromatic carbocycles. The van der Waals surface area contributed by atoms with Crippen LogP contribution in [-0.4, -0.2) is 20.7 Å². The van der Waals surface area contributed by atoms with Crippen molar-refractivity contribution in [2.45, 2.75) is 32.9 Å². The predicted molar refractivity (Wildman–Crippen MR) is 82.6 cm³/mol. The zero-order chi connectivity index (χ0) is 14.5. The Hall–Kier alpha value is -1.18. The maximum Gasteiger partial charge on any atom is 0.240 e. The quantitative estimate of drug-likeness (QED) is 0.800. The predicted octanol–water partition coefficient (Wildman–Crippen LogP) is 2.92. The van der Waals surface area contributed by atoms with E-state index in [1.807, 2.05) is 12.1 Å². The number of H-pyrrole nitrogens is 1. The maximum absolute atomic E-state index is 12.0. The fourth-order valence-corrected chi connectivity index (χ4v) is 3.00. The summed E-state index contributed by atoms with van der Waals surface area (Å²) in [5.41, 5.74) is 0. The largest absolute Gasteiger partial charge is 0.350 e. The van der Waals surface area contributed by atoms with E-state index in [2.05, 4.69) is 22.4 Å². The molecule has 2 aromatic rings. The van der Waals surface area contributed by atoms with E-state index in [-0.39, 0.29) is 12.5 Å². The van der Waals surface area contributed by atoms with Gasteiger partial charge >= 0.3 is 0 Å². The monoisotopic (exact) mass is 330 g/mol.